The van der Waals surface area contributed by atoms with Crippen LogP contribution in [-0.4, -0.2) is 30.4 Å². The Morgan fingerprint density at radius 2 is 2.18 bits per heavy atom. The van der Waals surface area contributed by atoms with Crippen molar-refractivity contribution < 1.29 is 22.5 Å². The maximum Gasteiger partial charge on any atom is 0.271 e. The molecule has 0 radical (unpaired) electrons. The standard InChI is InChI=1S/C16H12FN5O5S/c1-27-16-9(4-5-18)6-12(17)15(20-16)21-28(25,26)14-8-19-13-7-10(22(23)24)2-3-11(13)14/h2-3,6-8,19H,4H2,1H3,(H,20,21). The summed E-state index contributed by atoms with van der Waals surface area (Å²) >= 11 is 0. The zero-order chi connectivity index (χ0) is 20.5. The summed E-state index contributed by atoms with van der Waals surface area (Å²) in [4.78, 5) is 16.4. The first kappa shape index (κ1) is 19.1. The number of aromatic nitrogens is 2. The Morgan fingerprint density at radius 3 is 2.82 bits per heavy atom. The molecule has 0 aliphatic carbocycles. The lowest BCUT2D eigenvalue weighted by Crippen LogP contribution is -2.15. The number of non-ortho nitro benzene ring substituents is 1. The van der Waals surface area contributed by atoms with Gasteiger partial charge in [-0.05, 0) is 12.1 Å². The molecule has 0 bridgehead atoms. The Hall–Kier alpha value is -3.72. The Morgan fingerprint density at radius 1 is 1.43 bits per heavy atom. The molecule has 28 heavy (non-hydrogen) atoms. The molecule has 144 valence electrons. The van der Waals surface area contributed by atoms with Crippen molar-refractivity contribution in [2.24, 2.45) is 0 Å². The maximum absolute atomic E-state index is 14.3. The fourth-order valence-corrected chi connectivity index (χ4v) is 3.76. The molecular weight excluding hydrogens is 393 g/mol. The van der Waals surface area contributed by atoms with Crippen molar-refractivity contribution in [2.75, 3.05) is 11.8 Å². The Bertz CT molecular complexity index is 1230. The summed E-state index contributed by atoms with van der Waals surface area (Å²) in [6.07, 6.45) is 0.970. The molecule has 0 saturated heterocycles. The van der Waals surface area contributed by atoms with Crippen LogP contribution >= 0.6 is 0 Å². The fraction of sp³-hybridized carbons (Fsp3) is 0.125. The number of hydrogen-bond acceptors (Lipinski definition) is 7. The number of nitrogens with one attached hydrogen (secondary N) is 2. The summed E-state index contributed by atoms with van der Waals surface area (Å²) in [5.74, 6) is -1.67. The van der Waals surface area contributed by atoms with E-state index in [-0.39, 0.29) is 39.4 Å². The quantitative estimate of drug-likeness (QED) is 0.472. The molecule has 0 amide bonds. The summed E-state index contributed by atoms with van der Waals surface area (Å²) < 4.78 is 46.7. The second-order valence-electron chi connectivity index (χ2n) is 5.57. The molecule has 0 atom stereocenters. The molecule has 0 fully saturated rings. The summed E-state index contributed by atoms with van der Waals surface area (Å²) in [5, 5.41) is 19.8. The van der Waals surface area contributed by atoms with E-state index < -0.39 is 26.6 Å². The van der Waals surface area contributed by atoms with Gasteiger partial charge < -0.3 is 9.72 Å². The van der Waals surface area contributed by atoms with Crippen LogP contribution < -0.4 is 9.46 Å². The van der Waals surface area contributed by atoms with Gasteiger partial charge in [0.05, 0.1) is 30.0 Å². The van der Waals surface area contributed by atoms with Crippen LogP contribution in [0.5, 0.6) is 5.88 Å². The number of sulfonamides is 1. The number of ether oxygens (including phenoxy) is 1. The number of rotatable bonds is 6. The molecular formula is C16H12FN5O5S. The highest BCUT2D eigenvalue weighted by molar-refractivity contribution is 7.93. The molecule has 2 heterocycles. The highest BCUT2D eigenvalue weighted by atomic mass is 32.2. The number of H-pyrrole nitrogens is 1. The molecule has 12 heteroatoms. The van der Waals surface area contributed by atoms with E-state index in [1.807, 2.05) is 10.8 Å². The number of fused-ring (bicyclic) bond motifs is 1. The summed E-state index contributed by atoms with van der Waals surface area (Å²) in [6.45, 7) is 0. The van der Waals surface area contributed by atoms with Gasteiger partial charge in [-0.2, -0.15) is 10.2 Å². The van der Waals surface area contributed by atoms with Gasteiger partial charge in [0.15, 0.2) is 11.6 Å². The number of benzene rings is 1. The molecule has 0 aliphatic heterocycles. The first-order valence-corrected chi connectivity index (χ1v) is 9.14. The number of halogens is 1. The number of anilines is 1. The molecule has 3 rings (SSSR count). The van der Waals surface area contributed by atoms with Gasteiger partial charge >= 0.3 is 0 Å². The molecule has 1 aromatic carbocycles. The van der Waals surface area contributed by atoms with E-state index in [9.17, 15) is 22.9 Å². The molecule has 10 nitrogen and oxygen atoms in total. The normalized spacial score (nSPS) is 11.2. The third-order valence-corrected chi connectivity index (χ3v) is 5.22. The third-order valence-electron chi connectivity index (χ3n) is 3.84. The van der Waals surface area contributed by atoms with E-state index in [1.54, 1.807) is 0 Å². The largest absolute Gasteiger partial charge is 0.481 e. The predicted octanol–water partition coefficient (Wildman–Crippen LogP) is 2.49. The Balaban J connectivity index is 2.02. The number of hydrogen-bond donors (Lipinski definition) is 2. The van der Waals surface area contributed by atoms with Crippen LogP contribution in [0.25, 0.3) is 10.9 Å². The van der Waals surface area contributed by atoms with Crippen molar-refractivity contribution in [3.63, 3.8) is 0 Å². The minimum atomic E-state index is -4.28. The second kappa shape index (κ2) is 7.12. The maximum atomic E-state index is 14.3. The lowest BCUT2D eigenvalue weighted by Gasteiger charge is -2.11. The highest BCUT2D eigenvalue weighted by Crippen LogP contribution is 2.29. The molecule has 0 saturated carbocycles. The molecule has 0 spiro atoms. The van der Waals surface area contributed by atoms with Crippen LogP contribution in [0, 0.1) is 27.3 Å². The lowest BCUT2D eigenvalue weighted by atomic mass is 10.2. The van der Waals surface area contributed by atoms with Gasteiger partial charge in [0.1, 0.15) is 4.90 Å². The fourth-order valence-electron chi connectivity index (χ4n) is 2.58. The Labute approximate surface area is 157 Å². The van der Waals surface area contributed by atoms with E-state index in [0.717, 1.165) is 18.3 Å². The van der Waals surface area contributed by atoms with Crippen LogP contribution in [0.2, 0.25) is 0 Å². The minimum absolute atomic E-state index is 0.0878. The second-order valence-corrected chi connectivity index (χ2v) is 7.22. The van der Waals surface area contributed by atoms with E-state index >= 15 is 0 Å². The lowest BCUT2D eigenvalue weighted by molar-refractivity contribution is -0.384. The number of methoxy groups -OCH3 is 1. The van der Waals surface area contributed by atoms with Crippen LogP contribution in [0.4, 0.5) is 15.9 Å². The molecule has 2 aromatic heterocycles. The third kappa shape index (κ3) is 3.42. The zero-order valence-electron chi connectivity index (χ0n) is 14.3. The molecule has 2 N–H and O–H groups in total. The SMILES string of the molecule is COc1nc(NS(=O)(=O)c2c[nH]c3cc([N+](=O)[O-])ccc23)c(F)cc1CC#N. The van der Waals surface area contributed by atoms with Crippen molar-refractivity contribution in [1.29, 1.82) is 5.26 Å². The molecule has 0 unspecified atom stereocenters. The summed E-state index contributed by atoms with van der Waals surface area (Å²) in [5.41, 5.74) is 0.187. The molecule has 0 aliphatic rings. The van der Waals surface area contributed by atoms with Gasteiger partial charge in [-0.25, -0.2) is 12.8 Å². The monoisotopic (exact) mass is 405 g/mol. The van der Waals surface area contributed by atoms with Gasteiger partial charge in [-0.3, -0.25) is 14.8 Å². The van der Waals surface area contributed by atoms with E-state index in [2.05, 4.69) is 9.97 Å². The van der Waals surface area contributed by atoms with Crippen LogP contribution in [-0.2, 0) is 16.4 Å². The first-order chi connectivity index (χ1) is 13.3. The Kier molecular flexibility index (Phi) is 4.85. The average molecular weight is 405 g/mol. The van der Waals surface area contributed by atoms with Crippen molar-refractivity contribution in [3.05, 3.63) is 52.0 Å². The minimum Gasteiger partial charge on any atom is -0.481 e. The van der Waals surface area contributed by atoms with Crippen LogP contribution in [0.3, 0.4) is 0 Å². The van der Waals surface area contributed by atoms with E-state index in [4.69, 9.17) is 10.00 Å². The summed E-state index contributed by atoms with van der Waals surface area (Å²) in [7, 11) is -3.02. The summed E-state index contributed by atoms with van der Waals surface area (Å²) in [6, 6.07) is 6.42. The van der Waals surface area contributed by atoms with Gasteiger partial charge in [-0.1, -0.05) is 0 Å². The van der Waals surface area contributed by atoms with Crippen molar-refractivity contribution in [1.82, 2.24) is 9.97 Å². The van der Waals surface area contributed by atoms with Crippen molar-refractivity contribution in [3.8, 4) is 11.9 Å². The van der Waals surface area contributed by atoms with Gasteiger partial charge in [0.2, 0.25) is 5.88 Å². The van der Waals surface area contributed by atoms with Crippen molar-refractivity contribution >= 4 is 32.4 Å². The number of nitro groups is 1. The first-order valence-electron chi connectivity index (χ1n) is 7.65. The zero-order valence-corrected chi connectivity index (χ0v) is 15.1. The van der Waals surface area contributed by atoms with Gasteiger partial charge in [0.25, 0.3) is 15.7 Å². The highest BCUT2D eigenvalue weighted by Gasteiger charge is 2.23. The average Bonchev–Trinajstić information content (AvgIpc) is 3.08. The van der Waals surface area contributed by atoms with Crippen LogP contribution in [0.1, 0.15) is 5.56 Å². The topological polar surface area (TPSA) is 151 Å². The van der Waals surface area contributed by atoms with Gasteiger partial charge in [-0.15, -0.1) is 0 Å². The van der Waals surface area contributed by atoms with E-state index in [0.29, 0.717) is 0 Å². The molecule has 3 aromatic rings. The number of aromatic amines is 1. The van der Waals surface area contributed by atoms with E-state index in [1.165, 1.54) is 19.2 Å². The number of nitro benzene ring substituents is 1. The predicted molar refractivity (Wildman–Crippen MR) is 95.8 cm³/mol. The van der Waals surface area contributed by atoms with Crippen LogP contribution in [0.15, 0.2) is 35.4 Å². The van der Waals surface area contributed by atoms with Crippen molar-refractivity contribution in [2.45, 2.75) is 11.3 Å². The number of pyridine rings is 1. The smallest absolute Gasteiger partial charge is 0.271 e. The van der Waals surface area contributed by atoms with Gasteiger partial charge in [0, 0.05) is 29.3 Å². The number of nitrogens with zero attached hydrogens (tertiary/aromatic N) is 3. The number of nitriles is 1.